The predicted octanol–water partition coefficient (Wildman–Crippen LogP) is 5.74. The first-order valence-electron chi connectivity index (χ1n) is 8.11. The first-order valence-corrected chi connectivity index (χ1v) is 8.74. The number of hydrogen-bond acceptors (Lipinski definition) is 2. The normalized spacial score (nSPS) is 11.2. The fourth-order valence-corrected chi connectivity index (χ4v) is 2.38. The SMILES string of the molecule is O=CCCCCCCC/C=C\CCCCCCCS. The van der Waals surface area contributed by atoms with Crippen LogP contribution in [-0.4, -0.2) is 12.0 Å². The number of unbranched alkanes of at least 4 members (excludes halogenated alkanes) is 11. The predicted molar refractivity (Wildman–Crippen MR) is 89.1 cm³/mol. The summed E-state index contributed by atoms with van der Waals surface area (Å²) in [6.45, 7) is 0. The smallest absolute Gasteiger partial charge is 0.119 e. The zero-order valence-electron chi connectivity index (χ0n) is 12.5. The van der Waals surface area contributed by atoms with E-state index in [0.717, 1.165) is 24.9 Å². The van der Waals surface area contributed by atoms with Gasteiger partial charge in [-0.05, 0) is 44.3 Å². The lowest BCUT2D eigenvalue weighted by Crippen LogP contribution is -1.80. The van der Waals surface area contributed by atoms with Gasteiger partial charge in [-0.15, -0.1) is 0 Å². The molecule has 0 aromatic rings. The molecule has 0 spiro atoms. The molecule has 0 aliphatic rings. The van der Waals surface area contributed by atoms with Gasteiger partial charge < -0.3 is 4.79 Å². The van der Waals surface area contributed by atoms with Crippen molar-refractivity contribution < 1.29 is 4.79 Å². The molecule has 19 heavy (non-hydrogen) atoms. The van der Waals surface area contributed by atoms with E-state index in [9.17, 15) is 4.79 Å². The van der Waals surface area contributed by atoms with Crippen molar-refractivity contribution in [2.45, 2.75) is 83.5 Å². The average molecular weight is 285 g/mol. The van der Waals surface area contributed by atoms with Crippen LogP contribution in [0.4, 0.5) is 0 Å². The second kappa shape index (κ2) is 17.8. The number of rotatable bonds is 15. The second-order valence-electron chi connectivity index (χ2n) is 5.26. The summed E-state index contributed by atoms with van der Waals surface area (Å²) in [7, 11) is 0. The molecule has 0 N–H and O–H groups in total. The van der Waals surface area contributed by atoms with Gasteiger partial charge in [-0.1, -0.05) is 50.7 Å². The van der Waals surface area contributed by atoms with Crippen molar-refractivity contribution in [2.24, 2.45) is 0 Å². The highest BCUT2D eigenvalue weighted by molar-refractivity contribution is 7.80. The maximum atomic E-state index is 10.1. The average Bonchev–Trinajstić information content (AvgIpc) is 2.43. The summed E-state index contributed by atoms with van der Waals surface area (Å²) in [6, 6.07) is 0. The maximum Gasteiger partial charge on any atom is 0.119 e. The molecule has 112 valence electrons. The minimum atomic E-state index is 0.744. The highest BCUT2D eigenvalue weighted by Crippen LogP contribution is 2.09. The number of carbonyl (C=O) groups is 1. The third-order valence-corrected chi connectivity index (χ3v) is 3.70. The van der Waals surface area contributed by atoms with E-state index in [1.165, 1.54) is 70.6 Å². The van der Waals surface area contributed by atoms with Gasteiger partial charge in [-0.2, -0.15) is 12.6 Å². The van der Waals surface area contributed by atoms with Crippen LogP contribution in [0.2, 0.25) is 0 Å². The molecule has 0 amide bonds. The maximum absolute atomic E-state index is 10.1. The van der Waals surface area contributed by atoms with Gasteiger partial charge in [0.05, 0.1) is 0 Å². The van der Waals surface area contributed by atoms with E-state index in [1.54, 1.807) is 0 Å². The van der Waals surface area contributed by atoms with E-state index >= 15 is 0 Å². The Hall–Kier alpha value is -0.240. The minimum Gasteiger partial charge on any atom is -0.303 e. The molecule has 2 heteroatoms. The molecule has 0 saturated heterocycles. The molecule has 0 aromatic carbocycles. The Morgan fingerprint density at radius 3 is 1.47 bits per heavy atom. The number of thiol groups is 1. The number of allylic oxidation sites excluding steroid dienone is 2. The second-order valence-corrected chi connectivity index (χ2v) is 5.71. The standard InChI is InChI=1S/C17H32OS/c18-16-14-12-10-8-6-4-2-1-3-5-7-9-11-13-15-17-19/h1,3,16,19H,2,4-15,17H2/b3-1-. The van der Waals surface area contributed by atoms with Crippen molar-refractivity contribution in [1.29, 1.82) is 0 Å². The van der Waals surface area contributed by atoms with Gasteiger partial charge in [0.2, 0.25) is 0 Å². The van der Waals surface area contributed by atoms with E-state index in [1.807, 2.05) is 0 Å². The quantitative estimate of drug-likeness (QED) is 0.175. The minimum absolute atomic E-state index is 0.744. The molecule has 0 unspecified atom stereocenters. The lowest BCUT2D eigenvalue weighted by Gasteiger charge is -1.98. The summed E-state index contributed by atoms with van der Waals surface area (Å²) in [4.78, 5) is 10.1. The van der Waals surface area contributed by atoms with E-state index in [2.05, 4.69) is 24.8 Å². The molecule has 0 atom stereocenters. The van der Waals surface area contributed by atoms with Crippen molar-refractivity contribution in [3.8, 4) is 0 Å². The van der Waals surface area contributed by atoms with Gasteiger partial charge >= 0.3 is 0 Å². The number of aldehydes is 1. The summed E-state index contributed by atoms with van der Waals surface area (Å²) in [5, 5.41) is 0. The van der Waals surface area contributed by atoms with Crippen LogP contribution in [0.3, 0.4) is 0 Å². The lowest BCUT2D eigenvalue weighted by atomic mass is 10.1. The van der Waals surface area contributed by atoms with Gasteiger partial charge in [0.15, 0.2) is 0 Å². The molecule has 0 radical (unpaired) electrons. The summed E-state index contributed by atoms with van der Waals surface area (Å²) in [5.41, 5.74) is 0. The Labute approximate surface area is 125 Å². The van der Waals surface area contributed by atoms with Gasteiger partial charge in [-0.25, -0.2) is 0 Å². The van der Waals surface area contributed by atoms with Crippen LogP contribution in [-0.2, 0) is 4.79 Å². The Balaban J connectivity index is 3.03. The highest BCUT2D eigenvalue weighted by Gasteiger charge is 1.90. The molecular weight excluding hydrogens is 252 g/mol. The van der Waals surface area contributed by atoms with E-state index in [0.29, 0.717) is 0 Å². The van der Waals surface area contributed by atoms with Gasteiger partial charge in [0.25, 0.3) is 0 Å². The molecule has 0 heterocycles. The van der Waals surface area contributed by atoms with Crippen molar-refractivity contribution in [2.75, 3.05) is 5.75 Å². The van der Waals surface area contributed by atoms with Crippen LogP contribution in [0.15, 0.2) is 12.2 Å². The topological polar surface area (TPSA) is 17.1 Å². The number of hydrogen-bond donors (Lipinski definition) is 1. The van der Waals surface area contributed by atoms with Crippen LogP contribution in [0.1, 0.15) is 83.5 Å². The third-order valence-electron chi connectivity index (χ3n) is 3.39. The molecule has 0 aliphatic carbocycles. The molecule has 0 bridgehead atoms. The molecule has 0 aliphatic heterocycles. The van der Waals surface area contributed by atoms with Gasteiger partial charge in [0.1, 0.15) is 6.29 Å². The van der Waals surface area contributed by atoms with Gasteiger partial charge in [0, 0.05) is 6.42 Å². The Kier molecular flexibility index (Phi) is 17.5. The summed E-state index contributed by atoms with van der Waals surface area (Å²) in [6.07, 6.45) is 21.8. The summed E-state index contributed by atoms with van der Waals surface area (Å²) < 4.78 is 0. The lowest BCUT2D eigenvalue weighted by molar-refractivity contribution is -0.107. The first-order chi connectivity index (χ1) is 9.41. The van der Waals surface area contributed by atoms with Crippen LogP contribution >= 0.6 is 12.6 Å². The van der Waals surface area contributed by atoms with Crippen LogP contribution in [0.25, 0.3) is 0 Å². The van der Waals surface area contributed by atoms with Crippen LogP contribution in [0.5, 0.6) is 0 Å². The van der Waals surface area contributed by atoms with E-state index in [4.69, 9.17) is 0 Å². The van der Waals surface area contributed by atoms with Gasteiger partial charge in [-0.3, -0.25) is 0 Å². The van der Waals surface area contributed by atoms with Crippen LogP contribution in [0, 0.1) is 0 Å². The fraction of sp³-hybridized carbons (Fsp3) is 0.824. The van der Waals surface area contributed by atoms with Crippen molar-refractivity contribution in [3.63, 3.8) is 0 Å². The molecule has 0 fully saturated rings. The first kappa shape index (κ1) is 18.8. The van der Waals surface area contributed by atoms with E-state index in [-0.39, 0.29) is 0 Å². The van der Waals surface area contributed by atoms with Crippen molar-refractivity contribution >= 4 is 18.9 Å². The summed E-state index contributed by atoms with van der Waals surface area (Å²) >= 11 is 4.22. The largest absolute Gasteiger partial charge is 0.303 e. The Bertz CT molecular complexity index is 201. The van der Waals surface area contributed by atoms with E-state index < -0.39 is 0 Å². The fourth-order valence-electron chi connectivity index (χ4n) is 2.16. The highest BCUT2D eigenvalue weighted by atomic mass is 32.1. The number of carbonyl (C=O) groups excluding carboxylic acids is 1. The monoisotopic (exact) mass is 284 g/mol. The Morgan fingerprint density at radius 1 is 0.579 bits per heavy atom. The zero-order chi connectivity index (χ0) is 14.0. The Morgan fingerprint density at radius 2 is 1.00 bits per heavy atom. The molecule has 0 aromatic heterocycles. The molecule has 0 rings (SSSR count). The third kappa shape index (κ3) is 17.8. The van der Waals surface area contributed by atoms with Crippen molar-refractivity contribution in [1.82, 2.24) is 0 Å². The van der Waals surface area contributed by atoms with Crippen LogP contribution < -0.4 is 0 Å². The molecule has 0 saturated carbocycles. The van der Waals surface area contributed by atoms with Crippen molar-refractivity contribution in [3.05, 3.63) is 12.2 Å². The summed E-state index contributed by atoms with van der Waals surface area (Å²) in [5.74, 6) is 1.04. The molecule has 1 nitrogen and oxygen atoms in total. The zero-order valence-corrected chi connectivity index (χ0v) is 13.4. The molecular formula is C17H32OS.